The molecule has 0 aliphatic rings. The number of carbonyl (C=O) groups excluding carboxylic acids is 3. The van der Waals surface area contributed by atoms with E-state index in [4.69, 9.17) is 5.73 Å². The Labute approximate surface area is 97.9 Å². The molecule has 0 saturated heterocycles. The first kappa shape index (κ1) is 12.7. The van der Waals surface area contributed by atoms with Gasteiger partial charge in [0.25, 0.3) is 30.5 Å². The van der Waals surface area contributed by atoms with E-state index in [0.29, 0.717) is 5.12 Å². The molecule has 0 spiro atoms. The summed E-state index contributed by atoms with van der Waals surface area (Å²) >= 11 is 0. The van der Waals surface area contributed by atoms with Crippen molar-refractivity contribution in [3.8, 4) is 0 Å². The summed E-state index contributed by atoms with van der Waals surface area (Å²) in [7, 11) is 0. The Morgan fingerprint density at radius 3 is 2.39 bits per heavy atom. The number of rotatable bonds is 5. The van der Waals surface area contributed by atoms with Crippen LogP contribution in [0.1, 0.15) is 0 Å². The van der Waals surface area contributed by atoms with Gasteiger partial charge < -0.3 is 5.73 Å². The van der Waals surface area contributed by atoms with Crippen molar-refractivity contribution in [1.29, 1.82) is 0 Å². The van der Waals surface area contributed by atoms with Crippen LogP contribution in [0.15, 0.2) is 20.4 Å². The minimum atomic E-state index is -0.394. The number of nitrogens with two attached hydrogens (primary N) is 1. The number of carbonyl (C=O) groups is 1. The summed E-state index contributed by atoms with van der Waals surface area (Å²) in [6.07, 6.45) is 2.36. The lowest BCUT2D eigenvalue weighted by Crippen LogP contribution is -2.12. The number of hydrogen-bond donors (Lipinski definition) is 1. The van der Waals surface area contributed by atoms with Gasteiger partial charge in [0.2, 0.25) is 5.95 Å². The molecule has 18 heavy (non-hydrogen) atoms. The van der Waals surface area contributed by atoms with E-state index in [1.54, 1.807) is 0 Å². The van der Waals surface area contributed by atoms with E-state index in [9.17, 15) is 14.4 Å². The van der Waals surface area contributed by atoms with E-state index in [2.05, 4.69) is 35.4 Å². The molecule has 0 aliphatic heterocycles. The third kappa shape index (κ3) is 3.34. The first-order valence-electron chi connectivity index (χ1n) is 4.03. The van der Waals surface area contributed by atoms with Crippen molar-refractivity contribution in [2.24, 2.45) is 20.4 Å². The van der Waals surface area contributed by atoms with Crippen molar-refractivity contribution in [2.75, 3.05) is 10.9 Å². The average Bonchev–Trinajstić information content (AvgIpc) is 2.35. The zero-order valence-electron chi connectivity index (χ0n) is 8.46. The summed E-state index contributed by atoms with van der Waals surface area (Å²) < 4.78 is 0. The first-order chi connectivity index (χ1) is 8.71. The maximum atomic E-state index is 10.1. The Morgan fingerprint density at radius 2 is 1.83 bits per heavy atom. The van der Waals surface area contributed by atoms with E-state index in [0.717, 1.165) is 12.2 Å². The van der Waals surface area contributed by atoms with Crippen molar-refractivity contribution in [1.82, 2.24) is 15.0 Å². The second-order valence-electron chi connectivity index (χ2n) is 2.29. The quantitative estimate of drug-likeness (QED) is 0.227. The van der Waals surface area contributed by atoms with Gasteiger partial charge in [-0.15, -0.1) is 10.2 Å². The Kier molecular flexibility index (Phi) is 4.43. The number of amides is 1. The second-order valence-corrected chi connectivity index (χ2v) is 2.29. The van der Waals surface area contributed by atoms with Crippen LogP contribution in [0, 0.1) is 0 Å². The number of nitrogens with zero attached hydrogens (tertiary/aromatic N) is 8. The van der Waals surface area contributed by atoms with Crippen LogP contribution in [-0.4, -0.2) is 33.5 Å². The van der Waals surface area contributed by atoms with Gasteiger partial charge in [-0.3, -0.25) is 4.79 Å². The largest absolute Gasteiger partial charge is 0.368 e. The number of nitrogen functional groups attached to an aromatic ring is 1. The summed E-state index contributed by atoms with van der Waals surface area (Å²) in [5, 5.41) is 12.6. The highest BCUT2D eigenvalue weighted by molar-refractivity contribution is 5.48. The van der Waals surface area contributed by atoms with Crippen LogP contribution < -0.4 is 10.9 Å². The molecule has 1 aromatic rings. The predicted molar refractivity (Wildman–Crippen MR) is 53.5 cm³/mol. The van der Waals surface area contributed by atoms with E-state index in [1.165, 1.54) is 0 Å². The van der Waals surface area contributed by atoms with Crippen LogP contribution in [0.3, 0.4) is 0 Å². The molecule has 0 fully saturated rings. The molecule has 12 nitrogen and oxygen atoms in total. The monoisotopic (exact) mass is 249 g/mol. The van der Waals surface area contributed by atoms with Crippen LogP contribution in [0.5, 0.6) is 0 Å². The third-order valence-corrected chi connectivity index (χ3v) is 1.27. The second kappa shape index (κ2) is 6.27. The van der Waals surface area contributed by atoms with Gasteiger partial charge in [-0.2, -0.15) is 15.0 Å². The smallest absolute Gasteiger partial charge is 0.277 e. The van der Waals surface area contributed by atoms with E-state index < -0.39 is 5.95 Å². The Morgan fingerprint density at radius 1 is 1.17 bits per heavy atom. The number of isocyanates is 2. The van der Waals surface area contributed by atoms with Crippen LogP contribution in [0.4, 0.5) is 17.8 Å². The summed E-state index contributed by atoms with van der Waals surface area (Å²) in [4.78, 5) is 40.8. The minimum absolute atomic E-state index is 0.143. The van der Waals surface area contributed by atoms with Crippen LogP contribution in [0.2, 0.25) is 0 Å². The number of hydrogen-bond acceptors (Lipinski definition) is 11. The van der Waals surface area contributed by atoms with Crippen LogP contribution in [-0.2, 0) is 14.4 Å². The molecular weight excluding hydrogens is 246 g/mol. The standard InChI is InChI=1S/C6H3N9O3/c7-4-11-5(14-8-1-16)13-6(12-4)15(9-2-17)10-3-18/h1H,(H2,7,11,12,13). The molecule has 1 heterocycles. The molecule has 0 bridgehead atoms. The van der Waals surface area contributed by atoms with E-state index in [-0.39, 0.29) is 18.3 Å². The molecule has 1 aromatic heterocycles. The maximum Gasteiger partial charge on any atom is 0.277 e. The molecule has 90 valence electrons. The van der Waals surface area contributed by atoms with Gasteiger partial charge >= 0.3 is 0 Å². The van der Waals surface area contributed by atoms with E-state index in [1.807, 2.05) is 0 Å². The number of aromatic nitrogens is 3. The van der Waals surface area contributed by atoms with Gasteiger partial charge in [0.05, 0.1) is 0 Å². The molecule has 1 amide bonds. The van der Waals surface area contributed by atoms with Gasteiger partial charge in [0.15, 0.2) is 0 Å². The summed E-state index contributed by atoms with van der Waals surface area (Å²) in [5.74, 6) is -1.04. The highest BCUT2D eigenvalue weighted by Crippen LogP contribution is 2.14. The van der Waals surface area contributed by atoms with Crippen molar-refractivity contribution in [3.05, 3.63) is 0 Å². The Bertz CT molecular complexity index is 554. The summed E-state index contributed by atoms with van der Waals surface area (Å²) in [6, 6.07) is 0. The lowest BCUT2D eigenvalue weighted by Gasteiger charge is -2.05. The zero-order valence-corrected chi connectivity index (χ0v) is 8.46. The fourth-order valence-electron chi connectivity index (χ4n) is 0.768. The predicted octanol–water partition coefficient (Wildman–Crippen LogP) is -0.998. The Hall–Kier alpha value is -3.36. The van der Waals surface area contributed by atoms with Crippen molar-refractivity contribution < 1.29 is 14.4 Å². The molecular formula is C6H3N9O3. The SMILES string of the molecule is Nc1nc(N=NC=O)nc(N(N=C=O)N=C=O)n1. The van der Waals surface area contributed by atoms with Gasteiger partial charge in [-0.25, -0.2) is 9.59 Å². The van der Waals surface area contributed by atoms with Crippen molar-refractivity contribution in [3.63, 3.8) is 0 Å². The fraction of sp³-hybridized carbons (Fsp3) is 0. The molecule has 12 heteroatoms. The number of hydrazone groups is 2. The topological polar surface area (TPSA) is 169 Å². The first-order valence-corrected chi connectivity index (χ1v) is 4.03. The highest BCUT2D eigenvalue weighted by atomic mass is 16.1. The highest BCUT2D eigenvalue weighted by Gasteiger charge is 2.11. The van der Waals surface area contributed by atoms with Gasteiger partial charge in [0, 0.05) is 0 Å². The molecule has 0 aliphatic carbocycles. The van der Waals surface area contributed by atoms with Crippen molar-refractivity contribution >= 4 is 36.4 Å². The molecule has 1 rings (SSSR count). The lowest BCUT2D eigenvalue weighted by molar-refractivity contribution is -0.107. The molecule has 0 saturated carbocycles. The summed E-state index contributed by atoms with van der Waals surface area (Å²) in [6.45, 7) is 0. The summed E-state index contributed by atoms with van der Waals surface area (Å²) in [5.41, 5.74) is 5.30. The average molecular weight is 249 g/mol. The maximum absolute atomic E-state index is 10.1. The number of azo groups is 1. The van der Waals surface area contributed by atoms with Gasteiger partial charge in [-0.1, -0.05) is 15.3 Å². The molecule has 0 unspecified atom stereocenters. The van der Waals surface area contributed by atoms with Crippen LogP contribution >= 0.6 is 0 Å². The molecule has 0 aromatic carbocycles. The van der Waals surface area contributed by atoms with Gasteiger partial charge in [-0.05, 0) is 0 Å². The normalized spacial score (nSPS) is 9.33. The lowest BCUT2D eigenvalue weighted by atomic mass is 10.8. The zero-order chi connectivity index (χ0) is 13.4. The molecule has 0 radical (unpaired) electrons. The minimum Gasteiger partial charge on any atom is -0.368 e. The van der Waals surface area contributed by atoms with Crippen LogP contribution in [0.25, 0.3) is 0 Å². The molecule has 0 atom stereocenters. The number of anilines is 2. The third-order valence-electron chi connectivity index (χ3n) is 1.27. The fourth-order valence-corrected chi connectivity index (χ4v) is 0.768. The van der Waals surface area contributed by atoms with Crippen molar-refractivity contribution in [2.45, 2.75) is 0 Å². The molecule has 2 N–H and O–H groups in total. The van der Waals surface area contributed by atoms with E-state index >= 15 is 0 Å². The Balaban J connectivity index is 3.25. The van der Waals surface area contributed by atoms with Gasteiger partial charge in [0.1, 0.15) is 0 Å².